The predicted octanol–water partition coefficient (Wildman–Crippen LogP) is 3.55. The van der Waals surface area contributed by atoms with Gasteiger partial charge >= 0.3 is 0 Å². The van der Waals surface area contributed by atoms with Crippen LogP contribution in [0.4, 0.5) is 0 Å². The first-order valence-electron chi connectivity index (χ1n) is 8.55. The number of carbonyl (C=O) groups excluding carboxylic acids is 1. The monoisotopic (exact) mass is 336 g/mol. The average molecular weight is 336 g/mol. The molecule has 3 heterocycles. The normalized spacial score (nSPS) is 20.5. The van der Waals surface area contributed by atoms with Gasteiger partial charge in [-0.3, -0.25) is 4.79 Å². The maximum absolute atomic E-state index is 11.6. The van der Waals surface area contributed by atoms with Crippen LogP contribution in [0.1, 0.15) is 37.3 Å². The summed E-state index contributed by atoms with van der Waals surface area (Å²) in [6, 6.07) is 3.96. The third-order valence-corrected chi connectivity index (χ3v) is 4.88. The lowest BCUT2D eigenvalue weighted by molar-refractivity contribution is -0.117. The second-order valence-corrected chi connectivity index (χ2v) is 6.44. The highest BCUT2D eigenvalue weighted by molar-refractivity contribution is 5.94. The lowest BCUT2D eigenvalue weighted by Crippen LogP contribution is -2.37. The van der Waals surface area contributed by atoms with Crippen molar-refractivity contribution in [2.75, 3.05) is 0 Å². The van der Waals surface area contributed by atoms with Crippen LogP contribution in [-0.2, 0) is 4.79 Å². The number of aromatic nitrogens is 3. The van der Waals surface area contributed by atoms with Crippen molar-refractivity contribution < 1.29 is 9.21 Å². The van der Waals surface area contributed by atoms with E-state index in [0.717, 1.165) is 53.7 Å². The van der Waals surface area contributed by atoms with Gasteiger partial charge in [-0.1, -0.05) is 13.0 Å². The van der Waals surface area contributed by atoms with E-state index >= 15 is 0 Å². The second-order valence-electron chi connectivity index (χ2n) is 6.44. The van der Waals surface area contributed by atoms with E-state index < -0.39 is 0 Å². The van der Waals surface area contributed by atoms with Crippen molar-refractivity contribution in [3.63, 3.8) is 0 Å². The lowest BCUT2D eigenvalue weighted by Gasteiger charge is -2.29. The van der Waals surface area contributed by atoms with Crippen molar-refractivity contribution in [3.8, 4) is 11.3 Å². The molecule has 1 amide bonds. The fourth-order valence-corrected chi connectivity index (χ4v) is 3.75. The van der Waals surface area contributed by atoms with Crippen molar-refractivity contribution in [1.82, 2.24) is 20.3 Å². The summed E-state index contributed by atoms with van der Waals surface area (Å²) >= 11 is 0. The van der Waals surface area contributed by atoms with Gasteiger partial charge in [0.2, 0.25) is 5.91 Å². The maximum atomic E-state index is 11.6. The zero-order valence-electron chi connectivity index (χ0n) is 13.9. The van der Waals surface area contributed by atoms with Gasteiger partial charge in [-0.15, -0.1) is 0 Å². The van der Waals surface area contributed by atoms with Gasteiger partial charge in [-0.2, -0.15) is 0 Å². The Morgan fingerprint density at radius 1 is 1.40 bits per heavy atom. The molecule has 6 nitrogen and oxygen atoms in total. The molecule has 0 saturated heterocycles. The Balaban J connectivity index is 1.70. The number of amides is 1. The predicted molar refractivity (Wildman–Crippen MR) is 94.9 cm³/mol. The van der Waals surface area contributed by atoms with Gasteiger partial charge < -0.3 is 14.7 Å². The second kappa shape index (κ2) is 6.55. The highest BCUT2D eigenvalue weighted by Crippen LogP contribution is 2.38. The number of nitrogens with one attached hydrogen (secondary N) is 2. The molecule has 0 aliphatic heterocycles. The molecule has 2 N–H and O–H groups in total. The third kappa shape index (κ3) is 2.95. The highest BCUT2D eigenvalue weighted by Gasteiger charge is 2.28. The van der Waals surface area contributed by atoms with E-state index in [4.69, 9.17) is 4.42 Å². The van der Waals surface area contributed by atoms with Crippen molar-refractivity contribution in [1.29, 1.82) is 0 Å². The molecule has 3 aromatic rings. The van der Waals surface area contributed by atoms with Crippen LogP contribution in [0, 0.1) is 0 Å². The molecule has 0 unspecified atom stereocenters. The van der Waals surface area contributed by atoms with Gasteiger partial charge in [-0.25, -0.2) is 9.97 Å². The molecule has 4 rings (SSSR count). The first-order valence-corrected chi connectivity index (χ1v) is 8.55. The summed E-state index contributed by atoms with van der Waals surface area (Å²) in [5.41, 5.74) is 2.82. The Kier molecular flexibility index (Phi) is 4.09. The smallest absolute Gasteiger partial charge is 0.243 e. The standard InChI is InChI=1S/C19H20N4O2/c1-2-16(24)23-13-6-3-5-12(9-13)18-17-14(15-7-4-8-25-15)10-20-19(17)22-11-21-18/h2,4,7-8,10-13H,1,3,5-6,9H2,(H,23,24)(H,20,21,22)/t12-,13-/m0/s1. The first-order chi connectivity index (χ1) is 12.3. The Morgan fingerprint density at radius 3 is 3.12 bits per heavy atom. The molecule has 6 heteroatoms. The number of nitrogens with zero attached hydrogens (tertiary/aromatic N) is 2. The Morgan fingerprint density at radius 2 is 2.32 bits per heavy atom. The van der Waals surface area contributed by atoms with E-state index in [9.17, 15) is 4.79 Å². The molecule has 0 spiro atoms. The summed E-state index contributed by atoms with van der Waals surface area (Å²) in [5.74, 6) is 0.963. The molecule has 1 aliphatic rings. The molecule has 0 bridgehead atoms. The van der Waals surface area contributed by atoms with E-state index in [1.807, 2.05) is 18.3 Å². The van der Waals surface area contributed by atoms with Crippen molar-refractivity contribution in [2.24, 2.45) is 0 Å². The van der Waals surface area contributed by atoms with Crippen molar-refractivity contribution in [3.05, 3.63) is 49.3 Å². The zero-order valence-corrected chi connectivity index (χ0v) is 13.9. The number of fused-ring (bicyclic) bond motifs is 1. The Bertz CT molecular complexity index is 897. The zero-order chi connectivity index (χ0) is 17.2. The van der Waals surface area contributed by atoms with Crippen molar-refractivity contribution in [2.45, 2.75) is 37.6 Å². The summed E-state index contributed by atoms with van der Waals surface area (Å²) in [6.07, 6.45) is 10.5. The number of H-pyrrole nitrogens is 1. The summed E-state index contributed by atoms with van der Waals surface area (Å²) in [5, 5.41) is 4.04. The van der Waals surface area contributed by atoms with Gasteiger partial charge in [0.1, 0.15) is 17.7 Å². The van der Waals surface area contributed by atoms with Crippen LogP contribution in [0.25, 0.3) is 22.4 Å². The van der Waals surface area contributed by atoms with E-state index in [1.54, 1.807) is 12.6 Å². The number of hydrogen-bond donors (Lipinski definition) is 2. The Hall–Kier alpha value is -2.89. The van der Waals surface area contributed by atoms with Gasteiger partial charge in [0.05, 0.1) is 17.3 Å². The number of rotatable bonds is 4. The van der Waals surface area contributed by atoms with E-state index in [2.05, 4.69) is 26.8 Å². The van der Waals surface area contributed by atoms with Crippen LogP contribution >= 0.6 is 0 Å². The molecule has 1 aliphatic carbocycles. The summed E-state index contributed by atoms with van der Waals surface area (Å²) in [4.78, 5) is 23.8. The van der Waals surface area contributed by atoms with Gasteiger partial charge in [0, 0.05) is 23.7 Å². The topological polar surface area (TPSA) is 83.8 Å². The summed E-state index contributed by atoms with van der Waals surface area (Å²) in [7, 11) is 0. The number of furan rings is 1. The van der Waals surface area contributed by atoms with Gasteiger partial charge in [-0.05, 0) is 37.5 Å². The van der Waals surface area contributed by atoms with E-state index in [-0.39, 0.29) is 17.9 Å². The minimum atomic E-state index is -0.114. The van der Waals surface area contributed by atoms with Gasteiger partial charge in [0.15, 0.2) is 0 Å². The van der Waals surface area contributed by atoms with Crippen LogP contribution in [-0.4, -0.2) is 26.9 Å². The lowest BCUT2D eigenvalue weighted by atomic mass is 9.82. The van der Waals surface area contributed by atoms with Crippen LogP contribution in [0.3, 0.4) is 0 Å². The molecule has 0 aromatic carbocycles. The molecule has 25 heavy (non-hydrogen) atoms. The number of carbonyl (C=O) groups is 1. The average Bonchev–Trinajstić information content (AvgIpc) is 3.30. The molecule has 128 valence electrons. The molecular formula is C19H20N4O2. The molecule has 0 radical (unpaired) electrons. The largest absolute Gasteiger partial charge is 0.464 e. The number of hydrogen-bond acceptors (Lipinski definition) is 4. The minimum absolute atomic E-state index is 0.114. The van der Waals surface area contributed by atoms with Crippen molar-refractivity contribution >= 4 is 16.9 Å². The fourth-order valence-electron chi connectivity index (χ4n) is 3.75. The SMILES string of the molecule is C=CC(=O)N[C@H]1CCC[C@H](c2ncnc3[nH]cc(-c4ccco4)c23)C1. The van der Waals surface area contributed by atoms with Crippen LogP contribution in [0.2, 0.25) is 0 Å². The molecule has 1 fully saturated rings. The highest BCUT2D eigenvalue weighted by atomic mass is 16.3. The van der Waals surface area contributed by atoms with Gasteiger partial charge in [0.25, 0.3) is 0 Å². The molecule has 3 aromatic heterocycles. The van der Waals surface area contributed by atoms with Crippen LogP contribution in [0.5, 0.6) is 0 Å². The number of aromatic amines is 1. The Labute approximate surface area is 145 Å². The minimum Gasteiger partial charge on any atom is -0.464 e. The van der Waals surface area contributed by atoms with Crippen LogP contribution < -0.4 is 5.32 Å². The quantitative estimate of drug-likeness (QED) is 0.714. The molecular weight excluding hydrogens is 316 g/mol. The van der Waals surface area contributed by atoms with E-state index in [0.29, 0.717) is 0 Å². The van der Waals surface area contributed by atoms with E-state index in [1.165, 1.54) is 6.08 Å². The summed E-state index contributed by atoms with van der Waals surface area (Å²) in [6.45, 7) is 3.53. The molecule has 2 atom stereocenters. The summed E-state index contributed by atoms with van der Waals surface area (Å²) < 4.78 is 5.57. The van der Waals surface area contributed by atoms with Crippen LogP contribution in [0.15, 0.2) is 48.0 Å². The molecule has 1 saturated carbocycles. The fraction of sp³-hybridized carbons (Fsp3) is 0.316. The maximum Gasteiger partial charge on any atom is 0.243 e. The first kappa shape index (κ1) is 15.6. The third-order valence-electron chi connectivity index (χ3n) is 4.88.